The van der Waals surface area contributed by atoms with Crippen LogP contribution in [-0.2, 0) is 4.74 Å². The predicted molar refractivity (Wildman–Crippen MR) is 77.0 cm³/mol. The van der Waals surface area contributed by atoms with Crippen LogP contribution in [0.5, 0.6) is 5.75 Å². The standard InChI is InChI=1S/C16H14F3NO3/c1-3-22-15(21)11-8-9-13(20-10(11)2)12-6-4-5-7-14(12)23-16(17,18)19/h4-9H,3H2,1-2H3. The van der Waals surface area contributed by atoms with Crippen molar-refractivity contribution in [3.63, 3.8) is 0 Å². The quantitative estimate of drug-likeness (QED) is 0.793. The first-order valence-electron chi connectivity index (χ1n) is 6.81. The molecular weight excluding hydrogens is 311 g/mol. The van der Waals surface area contributed by atoms with Gasteiger partial charge in [-0.25, -0.2) is 4.79 Å². The average molecular weight is 325 g/mol. The van der Waals surface area contributed by atoms with Crippen LogP contribution in [0.4, 0.5) is 13.2 Å². The first-order valence-corrected chi connectivity index (χ1v) is 6.81. The number of benzene rings is 1. The number of hydrogen-bond donors (Lipinski definition) is 0. The van der Waals surface area contributed by atoms with Crippen molar-refractivity contribution in [2.75, 3.05) is 6.61 Å². The monoisotopic (exact) mass is 325 g/mol. The zero-order valence-electron chi connectivity index (χ0n) is 12.5. The molecule has 2 aromatic rings. The number of esters is 1. The zero-order chi connectivity index (χ0) is 17.0. The van der Waals surface area contributed by atoms with E-state index >= 15 is 0 Å². The maximum Gasteiger partial charge on any atom is 0.573 e. The van der Waals surface area contributed by atoms with Crippen LogP contribution in [0.3, 0.4) is 0 Å². The average Bonchev–Trinajstić information content (AvgIpc) is 2.46. The number of alkyl halides is 3. The molecule has 0 unspecified atom stereocenters. The number of ether oxygens (including phenoxy) is 2. The van der Waals surface area contributed by atoms with Crippen molar-refractivity contribution in [3.05, 3.63) is 47.7 Å². The number of pyridine rings is 1. The second-order valence-electron chi connectivity index (χ2n) is 4.59. The summed E-state index contributed by atoms with van der Waals surface area (Å²) in [5, 5.41) is 0. The number of nitrogens with zero attached hydrogens (tertiary/aromatic N) is 1. The molecule has 0 aliphatic heterocycles. The van der Waals surface area contributed by atoms with E-state index in [-0.39, 0.29) is 29.2 Å². The molecule has 0 bridgehead atoms. The number of carbonyl (C=O) groups excluding carboxylic acids is 1. The zero-order valence-corrected chi connectivity index (χ0v) is 12.5. The molecule has 23 heavy (non-hydrogen) atoms. The number of para-hydroxylation sites is 1. The van der Waals surface area contributed by atoms with Gasteiger partial charge in [-0.1, -0.05) is 12.1 Å². The minimum atomic E-state index is -4.80. The van der Waals surface area contributed by atoms with Crippen LogP contribution in [0.25, 0.3) is 11.3 Å². The van der Waals surface area contributed by atoms with Gasteiger partial charge in [-0.15, -0.1) is 13.2 Å². The fourth-order valence-corrected chi connectivity index (χ4v) is 2.03. The highest BCUT2D eigenvalue weighted by Crippen LogP contribution is 2.33. The smallest absolute Gasteiger partial charge is 0.462 e. The molecule has 2 rings (SSSR count). The molecule has 4 nitrogen and oxygen atoms in total. The van der Waals surface area contributed by atoms with Gasteiger partial charge in [0, 0.05) is 5.56 Å². The maximum absolute atomic E-state index is 12.5. The second-order valence-corrected chi connectivity index (χ2v) is 4.59. The largest absolute Gasteiger partial charge is 0.573 e. The minimum Gasteiger partial charge on any atom is -0.462 e. The van der Waals surface area contributed by atoms with Crippen LogP contribution in [-0.4, -0.2) is 23.9 Å². The van der Waals surface area contributed by atoms with Crippen LogP contribution in [0.15, 0.2) is 36.4 Å². The Bertz CT molecular complexity index is 714. The van der Waals surface area contributed by atoms with Gasteiger partial charge in [-0.3, -0.25) is 4.98 Å². The van der Waals surface area contributed by atoms with Crippen molar-refractivity contribution in [2.24, 2.45) is 0 Å². The fraction of sp³-hybridized carbons (Fsp3) is 0.250. The third kappa shape index (κ3) is 4.21. The van der Waals surface area contributed by atoms with Gasteiger partial charge >= 0.3 is 12.3 Å². The van der Waals surface area contributed by atoms with Crippen LogP contribution >= 0.6 is 0 Å². The van der Waals surface area contributed by atoms with Gasteiger partial charge in [0.05, 0.1) is 23.6 Å². The minimum absolute atomic E-state index is 0.184. The molecule has 0 atom stereocenters. The van der Waals surface area contributed by atoms with Gasteiger partial charge in [0.1, 0.15) is 5.75 Å². The van der Waals surface area contributed by atoms with Crippen molar-refractivity contribution < 1.29 is 27.4 Å². The summed E-state index contributed by atoms with van der Waals surface area (Å²) in [4.78, 5) is 15.9. The molecule has 1 aromatic heterocycles. The Morgan fingerprint density at radius 3 is 2.48 bits per heavy atom. The van der Waals surface area contributed by atoms with Crippen LogP contribution < -0.4 is 4.74 Å². The van der Waals surface area contributed by atoms with E-state index in [1.165, 1.54) is 30.3 Å². The third-order valence-electron chi connectivity index (χ3n) is 2.97. The van der Waals surface area contributed by atoms with Crippen LogP contribution in [0.2, 0.25) is 0 Å². The number of aromatic nitrogens is 1. The topological polar surface area (TPSA) is 48.4 Å². The molecule has 0 radical (unpaired) electrons. The molecular formula is C16H14F3NO3. The molecule has 0 aliphatic rings. The summed E-state index contributed by atoms with van der Waals surface area (Å²) in [7, 11) is 0. The molecule has 0 fully saturated rings. The van der Waals surface area contributed by atoms with Crippen molar-refractivity contribution >= 4 is 5.97 Å². The summed E-state index contributed by atoms with van der Waals surface area (Å²) in [5.74, 6) is -0.875. The lowest BCUT2D eigenvalue weighted by molar-refractivity contribution is -0.274. The molecule has 1 heterocycles. The molecule has 0 aliphatic carbocycles. The second kappa shape index (κ2) is 6.68. The van der Waals surface area contributed by atoms with E-state index in [0.717, 1.165) is 0 Å². The normalized spacial score (nSPS) is 11.2. The Kier molecular flexibility index (Phi) is 4.88. The van der Waals surface area contributed by atoms with Crippen LogP contribution in [0.1, 0.15) is 23.0 Å². The van der Waals surface area contributed by atoms with E-state index in [4.69, 9.17) is 4.74 Å². The van der Waals surface area contributed by atoms with Gasteiger partial charge in [-0.05, 0) is 38.1 Å². The van der Waals surface area contributed by atoms with Crippen molar-refractivity contribution in [3.8, 4) is 17.0 Å². The SMILES string of the molecule is CCOC(=O)c1ccc(-c2ccccc2OC(F)(F)F)nc1C. The summed E-state index contributed by atoms with van der Waals surface area (Å²) in [6, 6.07) is 8.61. The summed E-state index contributed by atoms with van der Waals surface area (Å²) in [5.41, 5.74) is 1.09. The van der Waals surface area contributed by atoms with Gasteiger partial charge in [0.2, 0.25) is 0 Å². The van der Waals surface area contributed by atoms with E-state index in [9.17, 15) is 18.0 Å². The van der Waals surface area contributed by atoms with E-state index < -0.39 is 12.3 Å². The van der Waals surface area contributed by atoms with Gasteiger partial charge in [-0.2, -0.15) is 0 Å². The lowest BCUT2D eigenvalue weighted by Crippen LogP contribution is -2.17. The lowest BCUT2D eigenvalue weighted by Gasteiger charge is -2.13. The number of halogens is 3. The third-order valence-corrected chi connectivity index (χ3v) is 2.97. The lowest BCUT2D eigenvalue weighted by atomic mass is 10.1. The maximum atomic E-state index is 12.5. The highest BCUT2D eigenvalue weighted by atomic mass is 19.4. The number of rotatable bonds is 4. The molecule has 0 spiro atoms. The van der Waals surface area contributed by atoms with Crippen molar-refractivity contribution in [1.82, 2.24) is 4.98 Å². The number of aryl methyl sites for hydroxylation is 1. The summed E-state index contributed by atoms with van der Waals surface area (Å²) < 4.78 is 46.3. The van der Waals surface area contributed by atoms with Crippen LogP contribution in [0, 0.1) is 6.92 Å². The van der Waals surface area contributed by atoms with Crippen molar-refractivity contribution in [1.29, 1.82) is 0 Å². The Labute approximate surface area is 130 Å². The van der Waals surface area contributed by atoms with E-state index in [1.54, 1.807) is 19.9 Å². The molecule has 0 N–H and O–H groups in total. The van der Waals surface area contributed by atoms with E-state index in [2.05, 4.69) is 9.72 Å². The fourth-order valence-electron chi connectivity index (χ4n) is 2.03. The summed E-state index contributed by atoms with van der Waals surface area (Å²) in [6.45, 7) is 3.49. The first-order chi connectivity index (χ1) is 10.8. The summed E-state index contributed by atoms with van der Waals surface area (Å²) in [6.07, 6.45) is -4.80. The Morgan fingerprint density at radius 1 is 1.17 bits per heavy atom. The van der Waals surface area contributed by atoms with Gasteiger partial charge in [0.25, 0.3) is 0 Å². The number of hydrogen-bond acceptors (Lipinski definition) is 4. The highest BCUT2D eigenvalue weighted by Gasteiger charge is 2.32. The van der Waals surface area contributed by atoms with Gasteiger partial charge < -0.3 is 9.47 Å². The summed E-state index contributed by atoms with van der Waals surface area (Å²) >= 11 is 0. The molecule has 0 saturated carbocycles. The van der Waals surface area contributed by atoms with Gasteiger partial charge in [0.15, 0.2) is 0 Å². The molecule has 122 valence electrons. The van der Waals surface area contributed by atoms with Crippen molar-refractivity contribution in [2.45, 2.75) is 20.2 Å². The van der Waals surface area contributed by atoms with E-state index in [1.807, 2.05) is 0 Å². The Morgan fingerprint density at radius 2 is 1.87 bits per heavy atom. The Balaban J connectivity index is 2.40. The number of carbonyl (C=O) groups is 1. The molecule has 7 heteroatoms. The molecule has 1 aromatic carbocycles. The molecule has 0 saturated heterocycles. The Hall–Kier alpha value is -2.57. The molecule has 0 amide bonds. The van der Waals surface area contributed by atoms with E-state index in [0.29, 0.717) is 5.69 Å². The highest BCUT2D eigenvalue weighted by molar-refractivity contribution is 5.91. The predicted octanol–water partition coefficient (Wildman–Crippen LogP) is 4.13. The first kappa shape index (κ1) is 16.8.